The number of aromatic hydroxyl groups is 1. The third kappa shape index (κ3) is 2.89. The molecule has 3 rings (SSSR count). The predicted molar refractivity (Wildman–Crippen MR) is 92.4 cm³/mol. The predicted octanol–water partition coefficient (Wildman–Crippen LogP) is 2.01. The van der Waals surface area contributed by atoms with Crippen LogP contribution in [0.5, 0.6) is 5.75 Å². The largest absolute Gasteiger partial charge is 0.507 e. The molecule has 0 aliphatic rings. The van der Waals surface area contributed by atoms with Crippen LogP contribution in [0.25, 0.3) is 10.8 Å². The maximum Gasteiger partial charge on any atom is 0.276 e. The zero-order chi connectivity index (χ0) is 17.1. The highest BCUT2D eigenvalue weighted by Crippen LogP contribution is 2.25. The number of carbonyl (C=O) groups is 1. The molecule has 0 aliphatic heterocycles. The Morgan fingerprint density at radius 3 is 2.79 bits per heavy atom. The van der Waals surface area contributed by atoms with Crippen molar-refractivity contribution < 1.29 is 9.90 Å². The van der Waals surface area contributed by atoms with Gasteiger partial charge in [-0.1, -0.05) is 30.3 Å². The number of phenols is 1. The molecule has 2 N–H and O–H groups in total. The van der Waals surface area contributed by atoms with Crippen molar-refractivity contribution in [1.82, 2.24) is 9.99 Å². The molecule has 6 heteroatoms. The summed E-state index contributed by atoms with van der Waals surface area (Å²) < 4.78 is 1.31. The highest BCUT2D eigenvalue weighted by Gasteiger charge is 2.10. The van der Waals surface area contributed by atoms with Gasteiger partial charge in [0.1, 0.15) is 11.3 Å². The fraction of sp³-hybridized carbons (Fsp3) is 0.0556. The Morgan fingerprint density at radius 1 is 1.17 bits per heavy atom. The van der Waals surface area contributed by atoms with Gasteiger partial charge in [0.15, 0.2) is 0 Å². The number of nitrogens with zero attached hydrogens (tertiary/aromatic N) is 2. The molecule has 0 saturated carbocycles. The minimum atomic E-state index is -0.604. The van der Waals surface area contributed by atoms with E-state index in [0.717, 1.165) is 10.8 Å². The van der Waals surface area contributed by atoms with Crippen molar-refractivity contribution in [2.75, 3.05) is 0 Å². The third-order valence-corrected chi connectivity index (χ3v) is 3.68. The van der Waals surface area contributed by atoms with Gasteiger partial charge in [0, 0.05) is 18.8 Å². The molecule has 0 saturated heterocycles. The summed E-state index contributed by atoms with van der Waals surface area (Å²) in [6.07, 6.45) is 2.93. The van der Waals surface area contributed by atoms with E-state index in [9.17, 15) is 14.7 Å². The number of nitrogens with one attached hydrogen (secondary N) is 1. The summed E-state index contributed by atoms with van der Waals surface area (Å²) in [6.45, 7) is 0. The van der Waals surface area contributed by atoms with Crippen LogP contribution in [0.2, 0.25) is 0 Å². The summed E-state index contributed by atoms with van der Waals surface area (Å²) >= 11 is 0. The van der Waals surface area contributed by atoms with Gasteiger partial charge in [-0.3, -0.25) is 9.59 Å². The lowest BCUT2D eigenvalue weighted by Gasteiger charge is -2.05. The van der Waals surface area contributed by atoms with Gasteiger partial charge < -0.3 is 9.67 Å². The van der Waals surface area contributed by atoms with Gasteiger partial charge in [-0.25, -0.2) is 5.43 Å². The smallest absolute Gasteiger partial charge is 0.276 e. The number of amides is 1. The molecule has 6 nitrogen and oxygen atoms in total. The van der Waals surface area contributed by atoms with Crippen molar-refractivity contribution in [3.05, 3.63) is 76.2 Å². The number of rotatable bonds is 3. The van der Waals surface area contributed by atoms with E-state index >= 15 is 0 Å². The number of phenolic OH excluding ortho intramolecular Hbond substituents is 1. The second kappa shape index (κ2) is 6.37. The fourth-order valence-electron chi connectivity index (χ4n) is 2.41. The van der Waals surface area contributed by atoms with Gasteiger partial charge >= 0.3 is 0 Å². The Kier molecular flexibility index (Phi) is 4.11. The minimum Gasteiger partial charge on any atom is -0.507 e. The van der Waals surface area contributed by atoms with Crippen molar-refractivity contribution in [3.63, 3.8) is 0 Å². The molecular weight excluding hydrogens is 306 g/mol. The Morgan fingerprint density at radius 2 is 1.96 bits per heavy atom. The van der Waals surface area contributed by atoms with Gasteiger partial charge in [-0.05, 0) is 29.0 Å². The molecule has 0 fully saturated rings. The molecule has 0 spiro atoms. The number of benzene rings is 2. The van der Waals surface area contributed by atoms with Crippen molar-refractivity contribution in [3.8, 4) is 5.75 Å². The van der Waals surface area contributed by atoms with Crippen LogP contribution in [-0.2, 0) is 7.05 Å². The Hall–Kier alpha value is -3.41. The first kappa shape index (κ1) is 15.5. The number of fused-ring (bicyclic) bond motifs is 1. The number of hydrogen-bond donors (Lipinski definition) is 2. The summed E-state index contributed by atoms with van der Waals surface area (Å²) in [5, 5.41) is 15.6. The van der Waals surface area contributed by atoms with Crippen LogP contribution in [0, 0.1) is 0 Å². The maximum atomic E-state index is 12.1. The normalized spacial score (nSPS) is 11.0. The summed E-state index contributed by atoms with van der Waals surface area (Å²) in [5.74, 6) is -0.547. The molecule has 0 aliphatic carbocycles. The Bertz CT molecular complexity index is 1010. The fourth-order valence-corrected chi connectivity index (χ4v) is 2.41. The number of pyridine rings is 1. The Balaban J connectivity index is 1.87. The van der Waals surface area contributed by atoms with Gasteiger partial charge in [0.2, 0.25) is 0 Å². The van der Waals surface area contributed by atoms with Crippen LogP contribution in [0.4, 0.5) is 0 Å². The molecule has 24 heavy (non-hydrogen) atoms. The van der Waals surface area contributed by atoms with Crippen LogP contribution < -0.4 is 11.0 Å². The van der Waals surface area contributed by atoms with E-state index in [-0.39, 0.29) is 11.3 Å². The minimum absolute atomic E-state index is 0.000656. The van der Waals surface area contributed by atoms with E-state index in [1.165, 1.54) is 16.8 Å². The molecule has 0 bridgehead atoms. The standard InChI is InChI=1S/C18H15N3O3/c1-21-10-4-7-14(18(21)24)17(23)20-19-11-15-13-6-3-2-5-12(13)8-9-16(15)22/h2-11,22H,1H3,(H,20,23)/b19-11-. The van der Waals surface area contributed by atoms with E-state index in [1.54, 1.807) is 31.4 Å². The van der Waals surface area contributed by atoms with Crippen LogP contribution in [0.1, 0.15) is 15.9 Å². The molecule has 0 unspecified atom stereocenters. The molecule has 0 radical (unpaired) electrons. The summed E-state index contributed by atoms with van der Waals surface area (Å²) in [7, 11) is 1.57. The van der Waals surface area contributed by atoms with Crippen molar-refractivity contribution in [2.45, 2.75) is 0 Å². The van der Waals surface area contributed by atoms with Gasteiger partial charge in [0.25, 0.3) is 11.5 Å². The lowest BCUT2D eigenvalue weighted by molar-refractivity contribution is 0.0953. The van der Waals surface area contributed by atoms with Crippen molar-refractivity contribution in [1.29, 1.82) is 0 Å². The average Bonchev–Trinajstić information content (AvgIpc) is 2.59. The lowest BCUT2D eigenvalue weighted by Crippen LogP contribution is -2.29. The highest BCUT2D eigenvalue weighted by atomic mass is 16.3. The van der Waals surface area contributed by atoms with E-state index in [2.05, 4.69) is 10.5 Å². The number of hydrazone groups is 1. The highest BCUT2D eigenvalue weighted by molar-refractivity contribution is 6.03. The first-order valence-electron chi connectivity index (χ1n) is 7.27. The van der Waals surface area contributed by atoms with E-state index in [0.29, 0.717) is 5.56 Å². The SMILES string of the molecule is Cn1cccc(C(=O)N/N=C\c2c(O)ccc3ccccc23)c1=O. The number of carbonyl (C=O) groups excluding carboxylic acids is 1. The number of aromatic nitrogens is 1. The molecule has 0 atom stereocenters. The molecule has 3 aromatic rings. The Labute approximate surface area is 137 Å². The summed E-state index contributed by atoms with van der Waals surface area (Å²) in [6, 6.07) is 13.9. The molecular formula is C18H15N3O3. The van der Waals surface area contributed by atoms with Crippen molar-refractivity contribution >= 4 is 22.9 Å². The third-order valence-electron chi connectivity index (χ3n) is 3.68. The quantitative estimate of drug-likeness (QED) is 0.572. The first-order valence-corrected chi connectivity index (χ1v) is 7.27. The summed E-state index contributed by atoms with van der Waals surface area (Å²) in [5.41, 5.74) is 2.40. The van der Waals surface area contributed by atoms with Gasteiger partial charge in [-0.15, -0.1) is 0 Å². The van der Waals surface area contributed by atoms with Crippen molar-refractivity contribution in [2.24, 2.45) is 12.1 Å². The topological polar surface area (TPSA) is 83.7 Å². The second-order valence-corrected chi connectivity index (χ2v) is 5.26. The molecule has 1 heterocycles. The first-order chi connectivity index (χ1) is 11.6. The summed E-state index contributed by atoms with van der Waals surface area (Å²) in [4.78, 5) is 23.9. The second-order valence-electron chi connectivity index (χ2n) is 5.26. The van der Waals surface area contributed by atoms with E-state index in [4.69, 9.17) is 0 Å². The number of hydrogen-bond acceptors (Lipinski definition) is 4. The maximum absolute atomic E-state index is 12.1. The zero-order valence-corrected chi connectivity index (χ0v) is 12.9. The monoisotopic (exact) mass is 321 g/mol. The molecule has 2 aromatic carbocycles. The van der Waals surface area contributed by atoms with Gasteiger partial charge in [0.05, 0.1) is 6.21 Å². The van der Waals surface area contributed by atoms with Crippen LogP contribution >= 0.6 is 0 Å². The van der Waals surface area contributed by atoms with Crippen LogP contribution in [0.3, 0.4) is 0 Å². The van der Waals surface area contributed by atoms with E-state index < -0.39 is 11.5 Å². The molecule has 1 amide bonds. The van der Waals surface area contributed by atoms with Crippen LogP contribution in [0.15, 0.2) is 64.6 Å². The molecule has 1 aromatic heterocycles. The average molecular weight is 321 g/mol. The zero-order valence-electron chi connectivity index (χ0n) is 12.9. The van der Waals surface area contributed by atoms with Crippen LogP contribution in [-0.4, -0.2) is 21.8 Å². The molecule has 120 valence electrons. The number of aryl methyl sites for hydroxylation is 1. The lowest BCUT2D eigenvalue weighted by atomic mass is 10.0. The van der Waals surface area contributed by atoms with E-state index in [1.807, 2.05) is 24.3 Å². The van der Waals surface area contributed by atoms with Gasteiger partial charge in [-0.2, -0.15) is 5.10 Å².